The Morgan fingerprint density at radius 3 is 1.96 bits per heavy atom. The number of benzene rings is 2. The molecule has 2 saturated heterocycles. The van der Waals surface area contributed by atoms with E-state index in [2.05, 4.69) is 76.2 Å². The van der Waals surface area contributed by atoms with Crippen molar-refractivity contribution in [2.45, 2.75) is 18.0 Å². The highest BCUT2D eigenvalue weighted by atomic mass is 35.5. The van der Waals surface area contributed by atoms with E-state index in [-0.39, 0.29) is 24.8 Å². The van der Waals surface area contributed by atoms with Crippen molar-refractivity contribution in [3.63, 3.8) is 0 Å². The molecule has 2 aliphatic heterocycles. The van der Waals surface area contributed by atoms with E-state index in [1.165, 1.54) is 24.2 Å². The largest absolute Gasteiger partial charge is 0.314 e. The Bertz CT molecular complexity index is 582. The molecule has 5 heteroatoms. The second-order valence-electron chi connectivity index (χ2n) is 6.59. The van der Waals surface area contributed by atoms with Crippen molar-refractivity contribution >= 4 is 24.8 Å². The predicted octanol–water partition coefficient (Wildman–Crippen LogP) is 2.91. The van der Waals surface area contributed by atoms with Crippen LogP contribution in [0.5, 0.6) is 0 Å². The zero-order valence-electron chi connectivity index (χ0n) is 14.3. The normalized spacial score (nSPS) is 23.2. The van der Waals surface area contributed by atoms with Crippen molar-refractivity contribution in [3.8, 4) is 0 Å². The highest BCUT2D eigenvalue weighted by molar-refractivity contribution is 5.85. The summed E-state index contributed by atoms with van der Waals surface area (Å²) in [7, 11) is 0. The number of hydrogen-bond donors (Lipinski definition) is 2. The highest BCUT2D eigenvalue weighted by Gasteiger charge is 2.38. The van der Waals surface area contributed by atoms with Crippen molar-refractivity contribution in [2.75, 3.05) is 32.7 Å². The Labute approximate surface area is 163 Å². The number of nitrogens with zero attached hydrogens (tertiary/aromatic N) is 1. The van der Waals surface area contributed by atoms with Gasteiger partial charge >= 0.3 is 0 Å². The van der Waals surface area contributed by atoms with Gasteiger partial charge < -0.3 is 10.6 Å². The molecule has 2 aromatic carbocycles. The predicted molar refractivity (Wildman–Crippen MR) is 109 cm³/mol. The van der Waals surface area contributed by atoms with Gasteiger partial charge in [0.05, 0.1) is 0 Å². The minimum Gasteiger partial charge on any atom is -0.314 e. The first kappa shape index (κ1) is 20.2. The fourth-order valence-electron chi connectivity index (χ4n) is 4.18. The Kier molecular flexibility index (Phi) is 7.73. The molecular formula is C20H27Cl2N3. The topological polar surface area (TPSA) is 27.3 Å². The molecule has 0 aliphatic carbocycles. The van der Waals surface area contributed by atoms with Gasteiger partial charge in [0.25, 0.3) is 0 Å². The summed E-state index contributed by atoms with van der Waals surface area (Å²) in [5.74, 6) is 0.394. The Balaban J connectivity index is 0.00000113. The maximum atomic E-state index is 3.83. The van der Waals surface area contributed by atoms with Crippen LogP contribution in [-0.2, 0) is 0 Å². The van der Waals surface area contributed by atoms with Crippen molar-refractivity contribution in [3.05, 3.63) is 71.8 Å². The average molecular weight is 380 g/mol. The lowest BCUT2D eigenvalue weighted by atomic mass is 9.80. The van der Waals surface area contributed by atoms with Crippen LogP contribution in [-0.4, -0.2) is 49.7 Å². The Morgan fingerprint density at radius 2 is 1.36 bits per heavy atom. The minimum atomic E-state index is 0. The van der Waals surface area contributed by atoms with Crippen LogP contribution in [0.3, 0.4) is 0 Å². The number of rotatable bonds is 3. The van der Waals surface area contributed by atoms with E-state index in [4.69, 9.17) is 0 Å². The molecule has 0 bridgehead atoms. The molecule has 4 rings (SSSR count). The average Bonchev–Trinajstić information content (AvgIpc) is 2.64. The van der Waals surface area contributed by atoms with Gasteiger partial charge in [-0.15, -0.1) is 24.8 Å². The fraction of sp³-hybridized carbons (Fsp3) is 0.400. The van der Waals surface area contributed by atoms with E-state index < -0.39 is 0 Å². The van der Waals surface area contributed by atoms with Gasteiger partial charge in [-0.25, -0.2) is 0 Å². The molecule has 2 unspecified atom stereocenters. The van der Waals surface area contributed by atoms with Gasteiger partial charge in [-0.05, 0) is 11.1 Å². The fourth-order valence-corrected chi connectivity index (χ4v) is 4.18. The van der Waals surface area contributed by atoms with Gasteiger partial charge in [-0.3, -0.25) is 4.90 Å². The monoisotopic (exact) mass is 379 g/mol. The summed E-state index contributed by atoms with van der Waals surface area (Å²) in [6.45, 7) is 5.61. The van der Waals surface area contributed by atoms with Gasteiger partial charge in [0.1, 0.15) is 0 Å². The van der Waals surface area contributed by atoms with Crippen LogP contribution < -0.4 is 10.6 Å². The third-order valence-corrected chi connectivity index (χ3v) is 5.27. The summed E-state index contributed by atoms with van der Waals surface area (Å²) in [4.78, 5) is 2.66. The van der Waals surface area contributed by atoms with Crippen molar-refractivity contribution in [1.82, 2.24) is 15.5 Å². The number of fused-ring (bicyclic) bond motifs is 1. The third kappa shape index (κ3) is 4.36. The van der Waals surface area contributed by atoms with E-state index >= 15 is 0 Å². The van der Waals surface area contributed by atoms with Crippen LogP contribution in [0.15, 0.2) is 60.7 Å². The molecule has 0 aromatic heterocycles. The van der Waals surface area contributed by atoms with Crippen LogP contribution in [0.2, 0.25) is 0 Å². The van der Waals surface area contributed by atoms with Crippen LogP contribution >= 0.6 is 24.8 Å². The molecule has 0 saturated carbocycles. The molecule has 2 aromatic rings. The smallest absolute Gasteiger partial charge is 0.0384 e. The van der Waals surface area contributed by atoms with Crippen LogP contribution in [0.4, 0.5) is 0 Å². The third-order valence-electron chi connectivity index (χ3n) is 5.27. The van der Waals surface area contributed by atoms with E-state index in [9.17, 15) is 0 Å². The number of nitrogens with one attached hydrogen (secondary N) is 2. The quantitative estimate of drug-likeness (QED) is 0.858. The highest BCUT2D eigenvalue weighted by Crippen LogP contribution is 2.32. The molecule has 136 valence electrons. The Hall–Kier alpha value is -1.10. The van der Waals surface area contributed by atoms with Gasteiger partial charge in [-0.2, -0.15) is 0 Å². The summed E-state index contributed by atoms with van der Waals surface area (Å²) in [6.07, 6.45) is 0. The summed E-state index contributed by atoms with van der Waals surface area (Å²) in [5.41, 5.74) is 2.81. The summed E-state index contributed by atoms with van der Waals surface area (Å²) in [5, 5.41) is 7.42. The van der Waals surface area contributed by atoms with Crippen molar-refractivity contribution in [1.29, 1.82) is 0 Å². The number of hydrogen-bond acceptors (Lipinski definition) is 3. The zero-order chi connectivity index (χ0) is 15.5. The van der Waals surface area contributed by atoms with E-state index in [0.717, 1.165) is 19.6 Å². The maximum absolute atomic E-state index is 3.83. The lowest BCUT2D eigenvalue weighted by Crippen LogP contribution is -2.66. The van der Waals surface area contributed by atoms with Crippen LogP contribution in [0.1, 0.15) is 17.0 Å². The second-order valence-corrected chi connectivity index (χ2v) is 6.59. The summed E-state index contributed by atoms with van der Waals surface area (Å²) >= 11 is 0. The zero-order valence-corrected chi connectivity index (χ0v) is 15.9. The lowest BCUT2D eigenvalue weighted by Gasteiger charge is -2.48. The second kappa shape index (κ2) is 9.56. The first-order valence-corrected chi connectivity index (χ1v) is 8.71. The van der Waals surface area contributed by atoms with Crippen molar-refractivity contribution < 1.29 is 0 Å². The summed E-state index contributed by atoms with van der Waals surface area (Å²) in [6, 6.07) is 22.9. The molecule has 2 fully saturated rings. The Morgan fingerprint density at radius 1 is 0.800 bits per heavy atom. The van der Waals surface area contributed by atoms with Gasteiger partial charge in [0.15, 0.2) is 0 Å². The van der Waals surface area contributed by atoms with Crippen molar-refractivity contribution in [2.24, 2.45) is 0 Å². The van der Waals surface area contributed by atoms with Gasteiger partial charge in [0.2, 0.25) is 0 Å². The van der Waals surface area contributed by atoms with Gasteiger partial charge in [0, 0.05) is 50.7 Å². The molecule has 0 spiro atoms. The first-order chi connectivity index (χ1) is 11.4. The van der Waals surface area contributed by atoms with E-state index in [0.29, 0.717) is 18.0 Å². The molecule has 3 nitrogen and oxygen atoms in total. The molecule has 0 radical (unpaired) electrons. The number of piperazine rings is 2. The molecule has 2 aliphatic rings. The first-order valence-electron chi connectivity index (χ1n) is 8.71. The van der Waals surface area contributed by atoms with Crippen LogP contribution in [0, 0.1) is 0 Å². The van der Waals surface area contributed by atoms with E-state index in [1.807, 2.05) is 0 Å². The molecular weight excluding hydrogens is 353 g/mol. The van der Waals surface area contributed by atoms with Gasteiger partial charge in [-0.1, -0.05) is 60.7 Å². The molecule has 2 N–H and O–H groups in total. The summed E-state index contributed by atoms with van der Waals surface area (Å²) < 4.78 is 0. The minimum absolute atomic E-state index is 0. The molecule has 2 atom stereocenters. The SMILES string of the molecule is Cl.Cl.c1ccc(C(c2ccccc2)C2NCCN3CCNCC23)cc1. The number of halogens is 2. The maximum Gasteiger partial charge on any atom is 0.0384 e. The van der Waals surface area contributed by atoms with Crippen LogP contribution in [0.25, 0.3) is 0 Å². The standard InChI is InChI=1S/C20H25N3.2ClH/c1-3-7-16(8-4-1)19(17-9-5-2-6-10-17)20-18-15-21-11-13-23(18)14-12-22-20;;/h1-10,18-22H,11-15H2;2*1H. The molecule has 2 heterocycles. The molecule has 0 amide bonds. The lowest BCUT2D eigenvalue weighted by molar-refractivity contribution is 0.0881. The van der Waals surface area contributed by atoms with E-state index in [1.54, 1.807) is 0 Å². The molecule has 25 heavy (non-hydrogen) atoms.